The Morgan fingerprint density at radius 2 is 2.05 bits per heavy atom. The number of fused-ring (bicyclic) bond motifs is 1. The highest BCUT2D eigenvalue weighted by Gasteiger charge is 2.06. The summed E-state index contributed by atoms with van der Waals surface area (Å²) >= 11 is 5.71. The van der Waals surface area contributed by atoms with Crippen molar-refractivity contribution in [2.75, 3.05) is 0 Å². The molecular weight excluding hydrogens is 295 g/mol. The molecule has 0 radical (unpaired) electrons. The summed E-state index contributed by atoms with van der Waals surface area (Å²) < 4.78 is 23.9. The van der Waals surface area contributed by atoms with Crippen molar-refractivity contribution in [2.45, 2.75) is 6.61 Å². The molecule has 106 valence electrons. The molecule has 0 aliphatic rings. The molecule has 3 aromatic rings. The van der Waals surface area contributed by atoms with Crippen LogP contribution in [0, 0.1) is 5.82 Å². The second-order valence-corrected chi connectivity index (χ2v) is 4.90. The zero-order valence-corrected chi connectivity index (χ0v) is 11.6. The third-order valence-electron chi connectivity index (χ3n) is 3.00. The lowest BCUT2D eigenvalue weighted by atomic mass is 10.2. The lowest BCUT2D eigenvalue weighted by Crippen LogP contribution is -2.01. The summed E-state index contributed by atoms with van der Waals surface area (Å²) in [7, 11) is 0. The Morgan fingerprint density at radius 1 is 1.19 bits per heavy atom. The van der Waals surface area contributed by atoms with Gasteiger partial charge in [-0.1, -0.05) is 23.7 Å². The summed E-state index contributed by atoms with van der Waals surface area (Å²) in [5, 5.41) is 0.427. The van der Waals surface area contributed by atoms with E-state index >= 15 is 0 Å². The fourth-order valence-corrected chi connectivity index (χ4v) is 2.11. The molecule has 0 bridgehead atoms. The van der Waals surface area contributed by atoms with Gasteiger partial charge in [0.15, 0.2) is 0 Å². The van der Waals surface area contributed by atoms with Gasteiger partial charge in [-0.15, -0.1) is 0 Å². The molecule has 0 fully saturated rings. The van der Waals surface area contributed by atoms with Gasteiger partial charge in [-0.2, -0.15) is 0 Å². The first kappa shape index (κ1) is 13.6. The van der Waals surface area contributed by atoms with Gasteiger partial charge in [0.2, 0.25) is 5.43 Å². The van der Waals surface area contributed by atoms with E-state index in [0.717, 1.165) is 0 Å². The molecule has 0 aliphatic heterocycles. The average Bonchev–Trinajstić information content (AvgIpc) is 2.49. The van der Waals surface area contributed by atoms with Crippen LogP contribution < -0.4 is 10.2 Å². The molecule has 0 N–H and O–H groups in total. The highest BCUT2D eigenvalue weighted by molar-refractivity contribution is 6.30. The van der Waals surface area contributed by atoms with Crippen LogP contribution in [0.15, 0.2) is 57.9 Å². The highest BCUT2D eigenvalue weighted by Crippen LogP contribution is 2.21. The Morgan fingerprint density at radius 3 is 2.86 bits per heavy atom. The highest BCUT2D eigenvalue weighted by atomic mass is 35.5. The van der Waals surface area contributed by atoms with Crippen molar-refractivity contribution in [3.8, 4) is 5.75 Å². The fraction of sp³-hybridized carbons (Fsp3) is 0.0625. The Labute approximate surface area is 124 Å². The van der Waals surface area contributed by atoms with Gasteiger partial charge in [0, 0.05) is 6.07 Å². The Bertz CT molecular complexity index is 858. The largest absolute Gasteiger partial charge is 0.489 e. The topological polar surface area (TPSA) is 39.4 Å². The van der Waals surface area contributed by atoms with Crippen molar-refractivity contribution >= 4 is 22.6 Å². The van der Waals surface area contributed by atoms with Gasteiger partial charge < -0.3 is 9.15 Å². The summed E-state index contributed by atoms with van der Waals surface area (Å²) in [6, 6.07) is 11.0. The van der Waals surface area contributed by atoms with Crippen LogP contribution in [0.25, 0.3) is 11.0 Å². The summed E-state index contributed by atoms with van der Waals surface area (Å²) in [6.45, 7) is 0.223. The summed E-state index contributed by atoms with van der Waals surface area (Å²) in [5.41, 5.74) is 0.823. The van der Waals surface area contributed by atoms with Crippen LogP contribution in [0.2, 0.25) is 5.02 Å². The minimum atomic E-state index is -0.310. The van der Waals surface area contributed by atoms with Crippen molar-refractivity contribution in [3.05, 3.63) is 75.4 Å². The molecule has 0 saturated carbocycles. The van der Waals surface area contributed by atoms with Gasteiger partial charge >= 0.3 is 0 Å². The maximum atomic E-state index is 13.1. The van der Waals surface area contributed by atoms with Crippen LogP contribution in [0.5, 0.6) is 5.75 Å². The van der Waals surface area contributed by atoms with E-state index in [4.69, 9.17) is 20.8 Å². The maximum absolute atomic E-state index is 13.1. The molecule has 2 aromatic carbocycles. The van der Waals surface area contributed by atoms with Crippen molar-refractivity contribution in [2.24, 2.45) is 0 Å². The van der Waals surface area contributed by atoms with E-state index in [-0.39, 0.29) is 22.9 Å². The molecule has 0 saturated heterocycles. The summed E-state index contributed by atoms with van der Waals surface area (Å²) in [4.78, 5) is 11.8. The molecule has 3 nitrogen and oxygen atoms in total. The predicted molar refractivity (Wildman–Crippen MR) is 78.2 cm³/mol. The molecule has 0 aliphatic carbocycles. The third-order valence-corrected chi connectivity index (χ3v) is 3.26. The lowest BCUT2D eigenvalue weighted by molar-refractivity contribution is 0.305. The molecule has 0 amide bonds. The van der Waals surface area contributed by atoms with E-state index < -0.39 is 0 Å². The summed E-state index contributed by atoms with van der Waals surface area (Å²) in [6.07, 6.45) is 1.20. The van der Waals surface area contributed by atoms with Crippen LogP contribution >= 0.6 is 11.6 Å². The molecule has 0 spiro atoms. The number of hydrogen-bond acceptors (Lipinski definition) is 3. The zero-order chi connectivity index (χ0) is 14.8. The minimum absolute atomic E-state index is 0.0379. The molecule has 0 unspecified atom stereocenters. The molecule has 21 heavy (non-hydrogen) atoms. The molecule has 0 atom stereocenters. The predicted octanol–water partition coefficient (Wildman–Crippen LogP) is 4.16. The Balaban J connectivity index is 1.85. The standard InChI is InChI=1S/C16H10ClFO3/c17-14-9-21-15-7-12(4-5-13(15)16(14)19)20-8-10-2-1-3-11(18)6-10/h1-7,9H,8H2. The lowest BCUT2D eigenvalue weighted by Gasteiger charge is -2.07. The number of ether oxygens (including phenoxy) is 1. The summed E-state index contributed by atoms with van der Waals surface area (Å²) in [5.74, 6) is 0.215. The van der Waals surface area contributed by atoms with E-state index in [1.165, 1.54) is 18.4 Å². The molecular formula is C16H10ClFO3. The maximum Gasteiger partial charge on any atom is 0.211 e. The van der Waals surface area contributed by atoms with Crippen molar-refractivity contribution < 1.29 is 13.5 Å². The first-order valence-electron chi connectivity index (χ1n) is 6.22. The van der Waals surface area contributed by atoms with Crippen molar-refractivity contribution in [1.82, 2.24) is 0 Å². The van der Waals surface area contributed by atoms with E-state index in [0.29, 0.717) is 22.3 Å². The van der Waals surface area contributed by atoms with Crippen LogP contribution in [0.3, 0.4) is 0 Å². The monoisotopic (exact) mass is 304 g/mol. The van der Waals surface area contributed by atoms with Crippen molar-refractivity contribution in [1.29, 1.82) is 0 Å². The normalized spacial score (nSPS) is 10.8. The average molecular weight is 305 g/mol. The Hall–Kier alpha value is -2.33. The van der Waals surface area contributed by atoms with Gasteiger partial charge in [-0.3, -0.25) is 4.79 Å². The van der Waals surface area contributed by atoms with Gasteiger partial charge in [0.05, 0.1) is 5.39 Å². The molecule has 1 heterocycles. The number of hydrogen-bond donors (Lipinski definition) is 0. The quantitative estimate of drug-likeness (QED) is 0.729. The van der Waals surface area contributed by atoms with Gasteiger partial charge in [-0.05, 0) is 29.8 Å². The van der Waals surface area contributed by atoms with E-state index in [1.54, 1.807) is 30.3 Å². The van der Waals surface area contributed by atoms with E-state index in [1.807, 2.05) is 0 Å². The first-order chi connectivity index (χ1) is 10.1. The van der Waals surface area contributed by atoms with E-state index in [9.17, 15) is 9.18 Å². The smallest absolute Gasteiger partial charge is 0.211 e. The molecule has 3 rings (SSSR count). The van der Waals surface area contributed by atoms with Gasteiger partial charge in [-0.25, -0.2) is 4.39 Å². The SMILES string of the molecule is O=c1c(Cl)coc2cc(OCc3cccc(F)c3)ccc12. The van der Waals surface area contributed by atoms with Gasteiger partial charge in [0.25, 0.3) is 0 Å². The van der Waals surface area contributed by atoms with Crippen LogP contribution in [0.4, 0.5) is 4.39 Å². The second-order valence-electron chi connectivity index (χ2n) is 4.49. The minimum Gasteiger partial charge on any atom is -0.489 e. The van der Waals surface area contributed by atoms with Crippen LogP contribution in [-0.2, 0) is 6.61 Å². The van der Waals surface area contributed by atoms with Crippen molar-refractivity contribution in [3.63, 3.8) is 0 Å². The van der Waals surface area contributed by atoms with Gasteiger partial charge in [0.1, 0.15) is 35.0 Å². The van der Waals surface area contributed by atoms with Crippen LogP contribution in [0.1, 0.15) is 5.56 Å². The second kappa shape index (κ2) is 5.58. The number of halogens is 2. The first-order valence-corrected chi connectivity index (χ1v) is 6.59. The molecule has 5 heteroatoms. The number of rotatable bonds is 3. The Kier molecular flexibility index (Phi) is 3.62. The fourth-order valence-electron chi connectivity index (χ4n) is 1.97. The van der Waals surface area contributed by atoms with E-state index in [2.05, 4.69) is 0 Å². The molecule has 1 aromatic heterocycles. The zero-order valence-electron chi connectivity index (χ0n) is 10.8. The third kappa shape index (κ3) is 2.90. The van der Waals surface area contributed by atoms with Crippen LogP contribution in [-0.4, -0.2) is 0 Å². The number of benzene rings is 2.